The van der Waals surface area contributed by atoms with Crippen LogP contribution in [0.4, 0.5) is 11.4 Å². The van der Waals surface area contributed by atoms with Crippen molar-refractivity contribution in [2.75, 3.05) is 16.3 Å². The number of hydrogen-bond acceptors (Lipinski definition) is 5. The predicted octanol–water partition coefficient (Wildman–Crippen LogP) is 3.98. The first-order chi connectivity index (χ1) is 15.9. The van der Waals surface area contributed by atoms with Gasteiger partial charge in [0.05, 0.1) is 34.2 Å². The van der Waals surface area contributed by atoms with Crippen molar-refractivity contribution in [1.29, 1.82) is 0 Å². The monoisotopic (exact) mass is 466 g/mol. The Morgan fingerprint density at radius 1 is 0.939 bits per heavy atom. The van der Waals surface area contributed by atoms with Gasteiger partial charge in [-0.3, -0.25) is 19.2 Å². The van der Waals surface area contributed by atoms with Gasteiger partial charge in [0.15, 0.2) is 0 Å². The number of imide groups is 1. The van der Waals surface area contributed by atoms with Crippen LogP contribution in [0.3, 0.4) is 0 Å². The second-order valence-electron chi connectivity index (χ2n) is 8.78. The van der Waals surface area contributed by atoms with E-state index in [0.29, 0.717) is 16.4 Å². The topological polar surface area (TPSA) is 84.0 Å². The van der Waals surface area contributed by atoms with Crippen molar-refractivity contribution in [2.45, 2.75) is 32.1 Å². The summed E-state index contributed by atoms with van der Waals surface area (Å²) >= 11 is 6.21. The molecule has 170 valence electrons. The Labute approximate surface area is 196 Å². The van der Waals surface area contributed by atoms with Crippen molar-refractivity contribution in [3.8, 4) is 5.75 Å². The number of fused-ring (bicyclic) bond motifs is 1. The van der Waals surface area contributed by atoms with Gasteiger partial charge in [-0.05, 0) is 37.1 Å². The van der Waals surface area contributed by atoms with Crippen molar-refractivity contribution >= 4 is 46.7 Å². The fourth-order valence-corrected chi connectivity index (χ4v) is 5.31. The lowest BCUT2D eigenvalue weighted by atomic mass is 9.81. The number of nitrogens with zero attached hydrogens (tertiary/aromatic N) is 2. The Balaban J connectivity index is 1.30. The van der Waals surface area contributed by atoms with Crippen LogP contribution in [0, 0.1) is 17.8 Å². The number of anilines is 2. The van der Waals surface area contributed by atoms with Crippen LogP contribution >= 0.6 is 11.6 Å². The highest BCUT2D eigenvalue weighted by Crippen LogP contribution is 2.40. The number of rotatable bonds is 4. The molecule has 0 spiro atoms. The van der Waals surface area contributed by atoms with Crippen molar-refractivity contribution < 1.29 is 23.9 Å². The number of ether oxygens (including phenoxy) is 1. The minimum absolute atomic E-state index is 0.0240. The van der Waals surface area contributed by atoms with Crippen molar-refractivity contribution in [3.05, 3.63) is 53.6 Å². The minimum atomic E-state index is -0.643. The molecule has 3 aliphatic rings. The van der Waals surface area contributed by atoms with Crippen LogP contribution in [-0.4, -0.2) is 30.2 Å². The maximum absolute atomic E-state index is 12.9. The molecule has 5 rings (SSSR count). The van der Waals surface area contributed by atoms with E-state index in [1.54, 1.807) is 42.5 Å². The summed E-state index contributed by atoms with van der Waals surface area (Å²) in [6.07, 6.45) is 3.40. The zero-order valence-electron chi connectivity index (χ0n) is 17.9. The smallest absolute Gasteiger partial charge is 0.316 e. The molecular weight excluding hydrogens is 444 g/mol. The van der Waals surface area contributed by atoms with Crippen LogP contribution in [0.2, 0.25) is 5.02 Å². The quantitative estimate of drug-likeness (QED) is 0.386. The molecule has 2 aromatic rings. The van der Waals surface area contributed by atoms with E-state index in [4.69, 9.17) is 16.3 Å². The molecule has 1 saturated carbocycles. The predicted molar refractivity (Wildman–Crippen MR) is 122 cm³/mol. The molecule has 3 atom stereocenters. The second kappa shape index (κ2) is 8.63. The van der Waals surface area contributed by atoms with E-state index >= 15 is 0 Å². The number of esters is 1. The summed E-state index contributed by atoms with van der Waals surface area (Å²) in [4.78, 5) is 53.8. The van der Waals surface area contributed by atoms with Crippen LogP contribution in [0.5, 0.6) is 5.75 Å². The average molecular weight is 467 g/mol. The van der Waals surface area contributed by atoms with E-state index in [1.165, 1.54) is 15.9 Å². The van der Waals surface area contributed by atoms with Crippen LogP contribution in [0.15, 0.2) is 48.5 Å². The Morgan fingerprint density at radius 3 is 2.33 bits per heavy atom. The van der Waals surface area contributed by atoms with Crippen molar-refractivity contribution in [2.24, 2.45) is 17.8 Å². The van der Waals surface area contributed by atoms with Crippen molar-refractivity contribution in [3.63, 3.8) is 0 Å². The highest BCUT2D eigenvalue weighted by atomic mass is 35.5. The number of halogens is 1. The van der Waals surface area contributed by atoms with Gasteiger partial charge in [0.2, 0.25) is 17.7 Å². The molecule has 0 bridgehead atoms. The van der Waals surface area contributed by atoms with Gasteiger partial charge in [-0.25, -0.2) is 4.90 Å². The number of para-hydroxylation sites is 1. The van der Waals surface area contributed by atoms with Gasteiger partial charge < -0.3 is 9.64 Å². The number of carbonyl (C=O) groups excluding carboxylic acids is 4. The first-order valence-corrected chi connectivity index (χ1v) is 11.6. The van der Waals surface area contributed by atoms with Gasteiger partial charge >= 0.3 is 5.97 Å². The molecule has 8 heteroatoms. The number of benzene rings is 2. The number of amides is 3. The van der Waals surface area contributed by atoms with E-state index in [2.05, 4.69) is 0 Å². The largest absolute Gasteiger partial charge is 0.426 e. The van der Waals surface area contributed by atoms with Gasteiger partial charge in [-0.2, -0.15) is 0 Å². The molecule has 0 radical (unpaired) electrons. The van der Waals surface area contributed by atoms with E-state index in [9.17, 15) is 19.2 Å². The normalized spacial score (nSPS) is 24.9. The maximum atomic E-state index is 12.9. The Kier molecular flexibility index (Phi) is 5.66. The van der Waals surface area contributed by atoms with Crippen molar-refractivity contribution in [1.82, 2.24) is 0 Å². The molecule has 2 heterocycles. The molecule has 3 fully saturated rings. The molecule has 0 N–H and O–H groups in total. The summed E-state index contributed by atoms with van der Waals surface area (Å²) in [5, 5.41) is 0.438. The standard InChI is InChI=1S/C25H23ClN2O5/c26-20-10-3-4-11-21(20)27-14-15(12-22(27)29)25(32)33-17-7-5-6-16(13-17)28-23(30)18-8-1-2-9-19(18)24(28)31/h3-7,10-11,13,15,18-19H,1-2,8-9,12,14H2/t15-,18-,19+/m1/s1. The lowest BCUT2D eigenvalue weighted by molar-refractivity contribution is -0.139. The highest BCUT2D eigenvalue weighted by Gasteiger charge is 2.48. The van der Waals surface area contributed by atoms with Gasteiger partial charge in [0.1, 0.15) is 5.75 Å². The van der Waals surface area contributed by atoms with E-state index in [-0.39, 0.29) is 48.3 Å². The molecular formula is C25H23ClN2O5. The van der Waals surface area contributed by atoms with Crippen LogP contribution in [0.25, 0.3) is 0 Å². The van der Waals surface area contributed by atoms with Gasteiger partial charge in [-0.15, -0.1) is 0 Å². The third-order valence-electron chi connectivity index (χ3n) is 6.74. The zero-order valence-corrected chi connectivity index (χ0v) is 18.7. The summed E-state index contributed by atoms with van der Waals surface area (Å²) in [7, 11) is 0. The average Bonchev–Trinajstić information content (AvgIpc) is 3.32. The van der Waals surface area contributed by atoms with Gasteiger partial charge in [0, 0.05) is 19.0 Å². The van der Waals surface area contributed by atoms with E-state index < -0.39 is 11.9 Å². The minimum Gasteiger partial charge on any atom is -0.426 e. The molecule has 2 aromatic carbocycles. The summed E-state index contributed by atoms with van der Waals surface area (Å²) < 4.78 is 5.55. The van der Waals surface area contributed by atoms with E-state index in [1.807, 2.05) is 0 Å². The Hall–Kier alpha value is -3.19. The van der Waals surface area contributed by atoms with Crippen LogP contribution in [-0.2, 0) is 19.2 Å². The number of hydrogen-bond donors (Lipinski definition) is 0. The maximum Gasteiger partial charge on any atom is 0.316 e. The van der Waals surface area contributed by atoms with Gasteiger partial charge in [0.25, 0.3) is 0 Å². The molecule has 33 heavy (non-hydrogen) atoms. The molecule has 2 saturated heterocycles. The highest BCUT2D eigenvalue weighted by molar-refractivity contribution is 6.34. The lowest BCUT2D eigenvalue weighted by Gasteiger charge is -2.19. The Morgan fingerprint density at radius 2 is 1.64 bits per heavy atom. The third-order valence-corrected chi connectivity index (χ3v) is 7.06. The fraction of sp³-hybridized carbons (Fsp3) is 0.360. The molecule has 0 aromatic heterocycles. The van der Waals surface area contributed by atoms with E-state index in [0.717, 1.165) is 25.7 Å². The summed E-state index contributed by atoms with van der Waals surface area (Å²) in [5.41, 5.74) is 0.971. The molecule has 2 aliphatic heterocycles. The molecule has 3 amide bonds. The zero-order chi connectivity index (χ0) is 23.1. The lowest BCUT2D eigenvalue weighted by Crippen LogP contribution is -2.31. The van der Waals surface area contributed by atoms with Gasteiger partial charge in [-0.1, -0.05) is 42.6 Å². The molecule has 1 aliphatic carbocycles. The first kappa shape index (κ1) is 21.6. The molecule has 7 nitrogen and oxygen atoms in total. The summed E-state index contributed by atoms with van der Waals surface area (Å²) in [5.74, 6) is -2.00. The number of carbonyl (C=O) groups is 4. The summed E-state index contributed by atoms with van der Waals surface area (Å²) in [6, 6.07) is 13.4. The SMILES string of the molecule is O=C(Oc1cccc(N2C(=O)[C@H]3CCCC[C@H]3C2=O)c1)[C@@H]1CC(=O)N(c2ccccc2Cl)C1. The first-order valence-electron chi connectivity index (χ1n) is 11.2. The second-order valence-corrected chi connectivity index (χ2v) is 9.19. The van der Waals surface area contributed by atoms with Crippen LogP contribution < -0.4 is 14.5 Å². The fourth-order valence-electron chi connectivity index (χ4n) is 5.07. The Bertz CT molecular complexity index is 1130. The molecule has 0 unspecified atom stereocenters. The third kappa shape index (κ3) is 3.91. The van der Waals surface area contributed by atoms with Crippen LogP contribution in [0.1, 0.15) is 32.1 Å². The summed E-state index contributed by atoms with van der Waals surface area (Å²) in [6.45, 7) is 0.174.